The molecule has 60 heavy (non-hydrogen) atoms. The first-order valence-electron chi connectivity index (χ1n) is 20.2. The average molecular weight is 774 g/mol. The minimum atomic E-state index is -0.132. The molecule has 0 N–H and O–H groups in total. The summed E-state index contributed by atoms with van der Waals surface area (Å²) in [6.07, 6.45) is 0. The van der Waals surface area contributed by atoms with Gasteiger partial charge in [0.25, 0.3) is 0 Å². The summed E-state index contributed by atoms with van der Waals surface area (Å²) in [5.41, 5.74) is 13.5. The third-order valence-corrected chi connectivity index (χ3v) is 12.0. The van der Waals surface area contributed by atoms with Gasteiger partial charge < -0.3 is 13.9 Å². The van der Waals surface area contributed by atoms with Crippen LogP contribution in [0, 0.1) is 0 Å². The second-order valence-corrected chi connectivity index (χ2v) is 16.0. The fraction of sp³-hybridized carbons (Fsp3) is 0.0556. The van der Waals surface area contributed by atoms with E-state index < -0.39 is 0 Å². The number of aromatic nitrogens is 3. The van der Waals surface area contributed by atoms with E-state index in [0.29, 0.717) is 29.0 Å². The van der Waals surface area contributed by atoms with Crippen molar-refractivity contribution in [1.82, 2.24) is 15.0 Å². The van der Waals surface area contributed by atoms with Crippen LogP contribution in [0.15, 0.2) is 180 Å². The summed E-state index contributed by atoms with van der Waals surface area (Å²) in [7, 11) is 0. The Balaban J connectivity index is 0.856. The zero-order valence-corrected chi connectivity index (χ0v) is 32.8. The maximum absolute atomic E-state index is 6.57. The van der Waals surface area contributed by atoms with Crippen molar-refractivity contribution in [2.45, 2.75) is 19.3 Å². The Morgan fingerprint density at radius 2 is 0.917 bits per heavy atom. The standard InChI is InChI=1S/C54H35N3O3/c1-54(2)43-17-8-6-13-39(43)42-30-48-49(31-44(42)54)59-47-29-37(27-28-46(47)58-48)32-19-23-35(24-20-32)52-55-51(34-11-4-3-5-12-34)56-53(57-52)36-25-21-33(22-26-36)38-15-10-16-41-40-14-7-9-18-45(40)60-50(38)41/h3-31H,1-2H3. The molecule has 284 valence electrons. The number of ether oxygens (including phenoxy) is 2. The molecule has 0 saturated carbocycles. The van der Waals surface area contributed by atoms with Gasteiger partial charge in [-0.15, -0.1) is 0 Å². The van der Waals surface area contributed by atoms with E-state index >= 15 is 0 Å². The highest BCUT2D eigenvalue weighted by molar-refractivity contribution is 6.09. The second-order valence-electron chi connectivity index (χ2n) is 16.0. The number of benzene rings is 8. The number of rotatable bonds is 5. The van der Waals surface area contributed by atoms with E-state index in [9.17, 15) is 0 Å². The second kappa shape index (κ2) is 13.1. The molecule has 8 aromatic carbocycles. The summed E-state index contributed by atoms with van der Waals surface area (Å²) in [6.45, 7) is 4.54. The van der Waals surface area contributed by atoms with Gasteiger partial charge in [0.15, 0.2) is 40.5 Å². The molecule has 0 radical (unpaired) electrons. The number of hydrogen-bond donors (Lipinski definition) is 0. The van der Waals surface area contributed by atoms with Gasteiger partial charge >= 0.3 is 0 Å². The van der Waals surface area contributed by atoms with Crippen LogP contribution in [0.4, 0.5) is 0 Å². The van der Waals surface area contributed by atoms with Crippen molar-refractivity contribution in [1.29, 1.82) is 0 Å². The average Bonchev–Trinajstić information content (AvgIpc) is 3.79. The topological polar surface area (TPSA) is 70.3 Å². The molecule has 2 aromatic heterocycles. The molecule has 1 aliphatic carbocycles. The number of para-hydroxylation sites is 2. The first-order valence-corrected chi connectivity index (χ1v) is 20.2. The lowest BCUT2D eigenvalue weighted by molar-refractivity contribution is 0.359. The molecule has 0 spiro atoms. The molecule has 3 heterocycles. The summed E-state index contributed by atoms with van der Waals surface area (Å²) in [5.74, 6) is 4.65. The molecule has 0 atom stereocenters. The SMILES string of the molecule is CC1(C)c2ccccc2-c2cc3c(cc21)Oc1cc(-c2ccc(-c4nc(-c5ccccc5)nc(-c5ccc(-c6cccc7c6oc6ccccc67)cc5)n4)cc2)ccc1O3. The van der Waals surface area contributed by atoms with Crippen LogP contribution < -0.4 is 9.47 Å². The van der Waals surface area contributed by atoms with Crippen molar-refractivity contribution in [2.24, 2.45) is 0 Å². The van der Waals surface area contributed by atoms with Crippen LogP contribution in [-0.4, -0.2) is 15.0 Å². The van der Waals surface area contributed by atoms with E-state index in [1.807, 2.05) is 60.7 Å². The number of fused-ring (bicyclic) bond motifs is 8. The molecule has 0 amide bonds. The van der Waals surface area contributed by atoms with Gasteiger partial charge in [-0.25, -0.2) is 15.0 Å². The van der Waals surface area contributed by atoms with Crippen molar-refractivity contribution < 1.29 is 13.9 Å². The fourth-order valence-corrected chi connectivity index (χ4v) is 8.89. The summed E-state index contributed by atoms with van der Waals surface area (Å²) >= 11 is 0. The quantitative estimate of drug-likeness (QED) is 0.173. The van der Waals surface area contributed by atoms with E-state index in [4.69, 9.17) is 28.8 Å². The molecule has 2 aliphatic rings. The van der Waals surface area contributed by atoms with E-state index in [2.05, 4.69) is 129 Å². The van der Waals surface area contributed by atoms with Crippen molar-refractivity contribution >= 4 is 21.9 Å². The van der Waals surface area contributed by atoms with Crippen LogP contribution in [0.2, 0.25) is 0 Å². The number of furan rings is 1. The molecule has 10 aromatic rings. The van der Waals surface area contributed by atoms with E-state index in [1.54, 1.807) is 0 Å². The monoisotopic (exact) mass is 773 g/mol. The first-order chi connectivity index (χ1) is 29.4. The van der Waals surface area contributed by atoms with Crippen LogP contribution in [0.3, 0.4) is 0 Å². The van der Waals surface area contributed by atoms with Gasteiger partial charge in [0.2, 0.25) is 0 Å². The largest absolute Gasteiger partial charge is 0.455 e. The molecule has 1 aliphatic heterocycles. The maximum atomic E-state index is 6.57. The van der Waals surface area contributed by atoms with Gasteiger partial charge in [0.05, 0.1) is 0 Å². The lowest BCUT2D eigenvalue weighted by Crippen LogP contribution is -2.15. The molecule has 12 rings (SSSR count). The van der Waals surface area contributed by atoms with Crippen molar-refractivity contribution in [3.05, 3.63) is 187 Å². The predicted octanol–water partition coefficient (Wildman–Crippen LogP) is 14.3. The van der Waals surface area contributed by atoms with Crippen molar-refractivity contribution in [3.8, 4) is 90.5 Å². The minimum Gasteiger partial charge on any atom is -0.455 e. The Morgan fingerprint density at radius 3 is 1.68 bits per heavy atom. The Morgan fingerprint density at radius 1 is 0.367 bits per heavy atom. The third kappa shape index (κ3) is 5.45. The zero-order valence-electron chi connectivity index (χ0n) is 32.8. The Labute approximate surface area is 346 Å². The smallest absolute Gasteiger partial charge is 0.170 e. The van der Waals surface area contributed by atoms with Gasteiger partial charge in [0, 0.05) is 38.4 Å². The summed E-state index contributed by atoms with van der Waals surface area (Å²) in [6, 6.07) is 60.2. The minimum absolute atomic E-state index is 0.132. The van der Waals surface area contributed by atoms with E-state index in [1.165, 1.54) is 22.3 Å². The van der Waals surface area contributed by atoms with Crippen LogP contribution in [0.5, 0.6) is 23.0 Å². The highest BCUT2D eigenvalue weighted by Crippen LogP contribution is 2.55. The zero-order chi connectivity index (χ0) is 40.0. The maximum Gasteiger partial charge on any atom is 0.170 e. The molecule has 0 saturated heterocycles. The van der Waals surface area contributed by atoms with Crippen LogP contribution in [0.1, 0.15) is 25.0 Å². The summed E-state index contributed by atoms with van der Waals surface area (Å²) in [5, 5.41) is 2.22. The predicted molar refractivity (Wildman–Crippen MR) is 238 cm³/mol. The fourth-order valence-electron chi connectivity index (χ4n) is 8.89. The first kappa shape index (κ1) is 34.2. The van der Waals surface area contributed by atoms with Gasteiger partial charge in [-0.05, 0) is 69.3 Å². The lowest BCUT2D eigenvalue weighted by Gasteiger charge is -2.25. The van der Waals surface area contributed by atoms with Gasteiger partial charge in [-0.2, -0.15) is 0 Å². The Hall–Kier alpha value is -7.83. The highest BCUT2D eigenvalue weighted by Gasteiger charge is 2.37. The molecule has 6 nitrogen and oxygen atoms in total. The normalized spacial score (nSPS) is 13.2. The molecular weight excluding hydrogens is 739 g/mol. The molecule has 6 heteroatoms. The van der Waals surface area contributed by atoms with Crippen LogP contribution in [-0.2, 0) is 5.41 Å². The van der Waals surface area contributed by atoms with E-state index in [0.717, 1.165) is 72.4 Å². The molecular formula is C54H35N3O3. The van der Waals surface area contributed by atoms with Gasteiger partial charge in [-0.1, -0.05) is 159 Å². The van der Waals surface area contributed by atoms with Gasteiger partial charge in [-0.3, -0.25) is 0 Å². The Kier molecular flexibility index (Phi) is 7.47. The summed E-state index contributed by atoms with van der Waals surface area (Å²) in [4.78, 5) is 15.0. The van der Waals surface area contributed by atoms with Crippen molar-refractivity contribution in [3.63, 3.8) is 0 Å². The Bertz CT molecular complexity index is 3330. The van der Waals surface area contributed by atoms with Crippen molar-refractivity contribution in [2.75, 3.05) is 0 Å². The summed E-state index contributed by atoms with van der Waals surface area (Å²) < 4.78 is 19.4. The lowest BCUT2D eigenvalue weighted by atomic mass is 9.82. The molecule has 0 unspecified atom stereocenters. The van der Waals surface area contributed by atoms with E-state index in [-0.39, 0.29) is 5.41 Å². The number of nitrogens with zero attached hydrogens (tertiary/aromatic N) is 3. The molecule has 0 bridgehead atoms. The third-order valence-electron chi connectivity index (χ3n) is 12.0. The van der Waals surface area contributed by atoms with Crippen LogP contribution in [0.25, 0.3) is 89.5 Å². The molecule has 0 fully saturated rings. The van der Waals surface area contributed by atoms with Crippen LogP contribution >= 0.6 is 0 Å². The highest BCUT2D eigenvalue weighted by atomic mass is 16.6. The number of hydrogen-bond acceptors (Lipinski definition) is 6. The van der Waals surface area contributed by atoms with Gasteiger partial charge in [0.1, 0.15) is 11.2 Å².